The number of para-hydroxylation sites is 1. The third-order valence-electron chi connectivity index (χ3n) is 5.17. The number of rotatable bonds is 7. The summed E-state index contributed by atoms with van der Waals surface area (Å²) in [4.78, 5) is 36.8. The predicted molar refractivity (Wildman–Crippen MR) is 118 cm³/mol. The zero-order chi connectivity index (χ0) is 23.3. The Balaban J connectivity index is 1.62. The Hall–Kier alpha value is -3.13. The number of hydrogen-bond donors (Lipinski definition) is 1. The molecule has 32 heavy (non-hydrogen) atoms. The molecule has 0 spiro atoms. The van der Waals surface area contributed by atoms with Crippen LogP contribution in [0.4, 0.5) is 0 Å². The van der Waals surface area contributed by atoms with Gasteiger partial charge in [0, 0.05) is 18.7 Å². The SMILES string of the molecule is CC(C)(C)C(=O)OCOC(=O)c1cccc2c1OB(O)[C@@H](CC(=O)Cc1ccccc1)C2. The molecule has 2 aromatic carbocycles. The Morgan fingerprint density at radius 2 is 1.78 bits per heavy atom. The minimum atomic E-state index is -1.23. The van der Waals surface area contributed by atoms with Crippen molar-refractivity contribution in [3.8, 4) is 5.75 Å². The van der Waals surface area contributed by atoms with E-state index in [2.05, 4.69) is 0 Å². The molecule has 0 radical (unpaired) electrons. The maximum absolute atomic E-state index is 12.5. The van der Waals surface area contributed by atoms with Gasteiger partial charge in [-0.2, -0.15) is 0 Å². The molecule has 0 bridgehead atoms. The Bertz CT molecular complexity index is 982. The summed E-state index contributed by atoms with van der Waals surface area (Å²) in [6.07, 6.45) is 0.834. The molecule has 1 aliphatic rings. The van der Waals surface area contributed by atoms with E-state index in [4.69, 9.17) is 14.1 Å². The molecule has 8 heteroatoms. The number of ketones is 1. The van der Waals surface area contributed by atoms with Gasteiger partial charge in [-0.25, -0.2) is 4.79 Å². The second-order valence-corrected chi connectivity index (χ2v) is 8.90. The first kappa shape index (κ1) is 23.5. The van der Waals surface area contributed by atoms with Crippen LogP contribution in [0.2, 0.25) is 5.82 Å². The van der Waals surface area contributed by atoms with Crippen molar-refractivity contribution in [2.24, 2.45) is 5.41 Å². The Labute approximate surface area is 187 Å². The van der Waals surface area contributed by atoms with E-state index in [-0.39, 0.29) is 29.9 Å². The van der Waals surface area contributed by atoms with E-state index in [1.54, 1.807) is 32.9 Å². The molecule has 0 fully saturated rings. The zero-order valence-electron chi connectivity index (χ0n) is 18.5. The first-order valence-corrected chi connectivity index (χ1v) is 10.5. The van der Waals surface area contributed by atoms with Gasteiger partial charge in [-0.1, -0.05) is 42.5 Å². The van der Waals surface area contributed by atoms with E-state index < -0.39 is 37.1 Å². The van der Waals surface area contributed by atoms with Crippen LogP contribution in [0.5, 0.6) is 5.75 Å². The molecule has 2 aromatic rings. The van der Waals surface area contributed by atoms with Crippen LogP contribution in [0.15, 0.2) is 48.5 Å². The molecule has 0 amide bonds. The van der Waals surface area contributed by atoms with Gasteiger partial charge in [0.1, 0.15) is 17.1 Å². The minimum Gasteiger partial charge on any atom is -0.535 e. The number of fused-ring (bicyclic) bond motifs is 1. The van der Waals surface area contributed by atoms with E-state index in [0.717, 1.165) is 5.56 Å². The molecule has 0 saturated carbocycles. The van der Waals surface area contributed by atoms with Crippen LogP contribution in [-0.4, -0.2) is 36.7 Å². The largest absolute Gasteiger partial charge is 0.535 e. The number of benzene rings is 2. The van der Waals surface area contributed by atoms with Crippen molar-refractivity contribution in [3.05, 3.63) is 65.2 Å². The van der Waals surface area contributed by atoms with Crippen molar-refractivity contribution in [3.63, 3.8) is 0 Å². The molecule has 168 valence electrons. The van der Waals surface area contributed by atoms with Gasteiger partial charge in [0.05, 0.1) is 5.41 Å². The van der Waals surface area contributed by atoms with Crippen LogP contribution in [0, 0.1) is 5.41 Å². The Morgan fingerprint density at radius 1 is 1.06 bits per heavy atom. The van der Waals surface area contributed by atoms with Gasteiger partial charge in [-0.3, -0.25) is 9.59 Å². The average molecular weight is 438 g/mol. The average Bonchev–Trinajstić information content (AvgIpc) is 2.73. The third-order valence-corrected chi connectivity index (χ3v) is 5.17. The lowest BCUT2D eigenvalue weighted by molar-refractivity contribution is -0.161. The van der Waals surface area contributed by atoms with Crippen molar-refractivity contribution in [1.29, 1.82) is 0 Å². The third kappa shape index (κ3) is 5.98. The predicted octanol–water partition coefficient (Wildman–Crippen LogP) is 3.38. The number of carbonyl (C=O) groups is 3. The van der Waals surface area contributed by atoms with Crippen molar-refractivity contribution >= 4 is 24.8 Å². The molecule has 7 nitrogen and oxygen atoms in total. The van der Waals surface area contributed by atoms with Crippen molar-refractivity contribution in [2.45, 2.75) is 45.9 Å². The lowest BCUT2D eigenvalue weighted by Gasteiger charge is -2.28. The van der Waals surface area contributed by atoms with Crippen molar-refractivity contribution in [1.82, 2.24) is 0 Å². The van der Waals surface area contributed by atoms with Crippen molar-refractivity contribution < 1.29 is 33.5 Å². The monoisotopic (exact) mass is 438 g/mol. The lowest BCUT2D eigenvalue weighted by atomic mass is 9.64. The minimum absolute atomic E-state index is 0.00327. The quantitative estimate of drug-likeness (QED) is 0.402. The van der Waals surface area contributed by atoms with E-state index in [9.17, 15) is 19.4 Å². The number of Topliss-reactive ketones (excluding diaryl/α,β-unsaturated/α-hetero) is 1. The molecule has 0 aromatic heterocycles. The molecule has 0 saturated heterocycles. The zero-order valence-corrected chi connectivity index (χ0v) is 18.5. The summed E-state index contributed by atoms with van der Waals surface area (Å²) in [6.45, 7) is 4.57. The fourth-order valence-corrected chi connectivity index (χ4v) is 3.44. The summed E-state index contributed by atoms with van der Waals surface area (Å²) in [5.74, 6) is -1.41. The first-order valence-electron chi connectivity index (χ1n) is 10.5. The molecular formula is C24H27BO7. The summed E-state index contributed by atoms with van der Waals surface area (Å²) in [6, 6.07) is 14.4. The summed E-state index contributed by atoms with van der Waals surface area (Å²) in [5.41, 5.74) is 1.04. The Kier molecular flexibility index (Phi) is 7.35. The van der Waals surface area contributed by atoms with Crippen LogP contribution < -0.4 is 4.65 Å². The summed E-state index contributed by atoms with van der Waals surface area (Å²) < 4.78 is 15.6. The maximum atomic E-state index is 12.5. The fraction of sp³-hybridized carbons (Fsp3) is 0.375. The second-order valence-electron chi connectivity index (χ2n) is 8.90. The van der Waals surface area contributed by atoms with Crippen molar-refractivity contribution in [2.75, 3.05) is 6.79 Å². The highest BCUT2D eigenvalue weighted by Gasteiger charge is 2.38. The highest BCUT2D eigenvalue weighted by molar-refractivity contribution is 6.47. The van der Waals surface area contributed by atoms with Crippen LogP contribution in [-0.2, 0) is 31.9 Å². The standard InChI is InChI=1S/C24H27BO7/c1-24(2,3)23(28)31-15-30-22(27)20-11-7-10-17-13-18(25(29)32-21(17)20)14-19(26)12-16-8-5-4-6-9-16/h4-11,18,29H,12-15H2,1-3H3/t18-/m1/s1. The van der Waals surface area contributed by atoms with Crippen LogP contribution >= 0.6 is 0 Å². The maximum Gasteiger partial charge on any atom is 0.526 e. The van der Waals surface area contributed by atoms with E-state index in [1.807, 2.05) is 30.3 Å². The van der Waals surface area contributed by atoms with E-state index in [0.29, 0.717) is 12.0 Å². The summed E-state index contributed by atoms with van der Waals surface area (Å²) in [7, 11) is -1.23. The normalized spacial score (nSPS) is 15.4. The number of carbonyl (C=O) groups excluding carboxylic acids is 3. The highest BCUT2D eigenvalue weighted by Crippen LogP contribution is 2.36. The van der Waals surface area contributed by atoms with E-state index in [1.165, 1.54) is 6.07 Å². The topological polar surface area (TPSA) is 99.1 Å². The van der Waals surface area contributed by atoms with Gasteiger partial charge in [0.15, 0.2) is 0 Å². The van der Waals surface area contributed by atoms with Crippen LogP contribution in [0.1, 0.15) is 48.7 Å². The smallest absolute Gasteiger partial charge is 0.526 e. The van der Waals surface area contributed by atoms with Gasteiger partial charge in [0.25, 0.3) is 0 Å². The highest BCUT2D eigenvalue weighted by atomic mass is 16.7. The second kappa shape index (κ2) is 10.00. The van der Waals surface area contributed by atoms with Gasteiger partial charge in [-0.05, 0) is 44.4 Å². The van der Waals surface area contributed by atoms with E-state index >= 15 is 0 Å². The number of esters is 2. The molecule has 1 aliphatic heterocycles. The summed E-state index contributed by atoms with van der Waals surface area (Å²) in [5, 5.41) is 10.5. The Morgan fingerprint density at radius 3 is 2.47 bits per heavy atom. The molecule has 1 atom stereocenters. The number of hydrogen-bond acceptors (Lipinski definition) is 7. The molecular weight excluding hydrogens is 411 g/mol. The van der Waals surface area contributed by atoms with Gasteiger partial charge < -0.3 is 19.2 Å². The molecule has 3 rings (SSSR count). The van der Waals surface area contributed by atoms with Crippen LogP contribution in [0.3, 0.4) is 0 Å². The van der Waals surface area contributed by atoms with Gasteiger partial charge >= 0.3 is 19.1 Å². The van der Waals surface area contributed by atoms with Crippen LogP contribution in [0.25, 0.3) is 0 Å². The molecule has 1 heterocycles. The fourth-order valence-electron chi connectivity index (χ4n) is 3.44. The van der Waals surface area contributed by atoms with Gasteiger partial charge in [0.2, 0.25) is 6.79 Å². The summed E-state index contributed by atoms with van der Waals surface area (Å²) >= 11 is 0. The first-order chi connectivity index (χ1) is 15.1. The molecule has 0 unspecified atom stereocenters. The van der Waals surface area contributed by atoms with Gasteiger partial charge in [-0.15, -0.1) is 0 Å². The number of ether oxygens (including phenoxy) is 2. The lowest BCUT2D eigenvalue weighted by Crippen LogP contribution is -2.36. The molecule has 1 N–H and O–H groups in total. The molecule has 0 aliphatic carbocycles.